The third kappa shape index (κ3) is 2.47. The molecule has 0 aliphatic heterocycles. The molecule has 0 fully saturated rings. The number of aromatic nitrogens is 1. The van der Waals surface area contributed by atoms with Gasteiger partial charge in [-0.05, 0) is 19.1 Å². The number of thiazole rings is 1. The molecule has 0 bridgehead atoms. The predicted octanol–water partition coefficient (Wildman–Crippen LogP) is 2.63. The zero-order valence-electron chi connectivity index (χ0n) is 10.6. The summed E-state index contributed by atoms with van der Waals surface area (Å²) in [5.41, 5.74) is 1.65. The van der Waals surface area contributed by atoms with Gasteiger partial charge in [0.1, 0.15) is 16.5 Å². The van der Waals surface area contributed by atoms with Gasteiger partial charge in [0, 0.05) is 16.5 Å². The number of hydrogen-bond acceptors (Lipinski definition) is 5. The second kappa shape index (κ2) is 5.37. The van der Waals surface area contributed by atoms with E-state index in [2.05, 4.69) is 4.98 Å². The first-order chi connectivity index (χ1) is 8.67. The molecule has 2 rings (SSSR count). The molecule has 0 radical (unpaired) electrons. The van der Waals surface area contributed by atoms with Crippen LogP contribution >= 0.6 is 11.3 Å². The number of aryl methyl sites for hydroxylation is 1. The van der Waals surface area contributed by atoms with Crippen molar-refractivity contribution in [2.24, 2.45) is 0 Å². The highest BCUT2D eigenvalue weighted by molar-refractivity contribution is 7.15. The van der Waals surface area contributed by atoms with Gasteiger partial charge >= 0.3 is 0 Å². The Bertz CT molecular complexity index is 529. The molecule has 4 nitrogen and oxygen atoms in total. The van der Waals surface area contributed by atoms with Gasteiger partial charge in [-0.25, -0.2) is 4.98 Å². The van der Waals surface area contributed by atoms with Crippen molar-refractivity contribution < 1.29 is 14.6 Å². The van der Waals surface area contributed by atoms with E-state index in [1.165, 1.54) is 0 Å². The summed E-state index contributed by atoms with van der Waals surface area (Å²) in [6.45, 7) is 1.91. The highest BCUT2D eigenvalue weighted by Gasteiger charge is 2.11. The fraction of sp³-hybridized carbons (Fsp3) is 0.308. The van der Waals surface area contributed by atoms with Crippen LogP contribution in [0, 0.1) is 6.92 Å². The maximum atomic E-state index is 9.17. The molecule has 5 heteroatoms. The number of ether oxygens (including phenoxy) is 2. The molecule has 0 aliphatic rings. The van der Waals surface area contributed by atoms with Crippen LogP contribution in [0.15, 0.2) is 18.2 Å². The molecule has 0 saturated carbocycles. The summed E-state index contributed by atoms with van der Waals surface area (Å²) in [4.78, 5) is 5.43. The molecule has 0 amide bonds. The van der Waals surface area contributed by atoms with Crippen LogP contribution in [0.5, 0.6) is 11.5 Å². The van der Waals surface area contributed by atoms with Crippen molar-refractivity contribution in [1.29, 1.82) is 0 Å². The van der Waals surface area contributed by atoms with Crippen molar-refractivity contribution in [2.45, 2.75) is 13.5 Å². The largest absolute Gasteiger partial charge is 0.497 e. The van der Waals surface area contributed by atoms with Crippen molar-refractivity contribution in [1.82, 2.24) is 4.98 Å². The summed E-state index contributed by atoms with van der Waals surface area (Å²) in [6, 6.07) is 5.63. The maximum Gasteiger partial charge on any atom is 0.124 e. The third-order valence-electron chi connectivity index (χ3n) is 2.64. The van der Waals surface area contributed by atoms with E-state index in [4.69, 9.17) is 9.47 Å². The van der Waals surface area contributed by atoms with Crippen LogP contribution in [-0.4, -0.2) is 24.3 Å². The summed E-state index contributed by atoms with van der Waals surface area (Å²) in [5.74, 6) is 1.45. The number of rotatable bonds is 4. The number of benzene rings is 1. The third-order valence-corrected chi connectivity index (χ3v) is 3.70. The highest BCUT2D eigenvalue weighted by atomic mass is 32.1. The number of nitrogens with zero attached hydrogens (tertiary/aromatic N) is 1. The summed E-state index contributed by atoms with van der Waals surface area (Å²) in [5, 5.41) is 10.0. The average molecular weight is 265 g/mol. The molecule has 96 valence electrons. The number of aliphatic hydroxyl groups is 1. The second-order valence-corrected chi connectivity index (χ2v) is 4.98. The zero-order valence-corrected chi connectivity index (χ0v) is 11.4. The Balaban J connectivity index is 2.48. The van der Waals surface area contributed by atoms with Crippen molar-refractivity contribution in [3.63, 3.8) is 0 Å². The van der Waals surface area contributed by atoms with Crippen LogP contribution in [0.1, 0.15) is 10.6 Å². The number of hydrogen-bond donors (Lipinski definition) is 1. The molecule has 18 heavy (non-hydrogen) atoms. The lowest BCUT2D eigenvalue weighted by Crippen LogP contribution is -1.89. The van der Waals surface area contributed by atoms with Gasteiger partial charge < -0.3 is 14.6 Å². The Morgan fingerprint density at radius 2 is 1.78 bits per heavy atom. The minimum atomic E-state index is -0.0383. The van der Waals surface area contributed by atoms with Gasteiger partial charge in [-0.2, -0.15) is 0 Å². The van der Waals surface area contributed by atoms with E-state index in [9.17, 15) is 5.11 Å². The quantitative estimate of drug-likeness (QED) is 0.923. The molecule has 0 atom stereocenters. The molecule has 1 aromatic heterocycles. The molecule has 0 saturated heterocycles. The van der Waals surface area contributed by atoms with E-state index in [1.54, 1.807) is 25.6 Å². The first-order valence-corrected chi connectivity index (χ1v) is 6.30. The SMILES string of the molecule is COc1cc(OC)cc(-c2nc(CO)c(C)s2)c1. The summed E-state index contributed by atoms with van der Waals surface area (Å²) in [6.07, 6.45) is 0. The monoisotopic (exact) mass is 265 g/mol. The van der Waals surface area contributed by atoms with Crippen LogP contribution in [0.2, 0.25) is 0 Å². The zero-order chi connectivity index (χ0) is 13.1. The summed E-state index contributed by atoms with van der Waals surface area (Å²) in [7, 11) is 3.23. The lowest BCUT2D eigenvalue weighted by molar-refractivity contribution is 0.277. The van der Waals surface area contributed by atoms with E-state index in [-0.39, 0.29) is 6.61 Å². The van der Waals surface area contributed by atoms with E-state index < -0.39 is 0 Å². The van der Waals surface area contributed by atoms with Gasteiger partial charge in [0.15, 0.2) is 0 Å². The smallest absolute Gasteiger partial charge is 0.124 e. The van der Waals surface area contributed by atoms with Crippen LogP contribution in [0.3, 0.4) is 0 Å². The molecule has 0 unspecified atom stereocenters. The summed E-state index contributed by atoms with van der Waals surface area (Å²) >= 11 is 1.55. The van der Waals surface area contributed by atoms with E-state index in [0.717, 1.165) is 32.6 Å². The van der Waals surface area contributed by atoms with Crippen LogP contribution in [0.4, 0.5) is 0 Å². The van der Waals surface area contributed by atoms with Crippen molar-refractivity contribution in [2.75, 3.05) is 14.2 Å². The Morgan fingerprint density at radius 3 is 2.22 bits per heavy atom. The van der Waals surface area contributed by atoms with Gasteiger partial charge in [0.05, 0.1) is 26.5 Å². The molecule has 2 aromatic rings. The van der Waals surface area contributed by atoms with Crippen molar-refractivity contribution in [3.05, 3.63) is 28.8 Å². The summed E-state index contributed by atoms with van der Waals surface area (Å²) < 4.78 is 10.5. The maximum absolute atomic E-state index is 9.17. The Labute approximate surface area is 110 Å². The van der Waals surface area contributed by atoms with Crippen molar-refractivity contribution in [3.8, 4) is 22.1 Å². The first-order valence-electron chi connectivity index (χ1n) is 5.48. The minimum Gasteiger partial charge on any atom is -0.497 e. The Hall–Kier alpha value is -1.59. The number of methoxy groups -OCH3 is 2. The van der Waals surface area contributed by atoms with Gasteiger partial charge in [-0.3, -0.25) is 0 Å². The fourth-order valence-corrected chi connectivity index (χ4v) is 2.54. The number of aliphatic hydroxyl groups excluding tert-OH is 1. The lowest BCUT2D eigenvalue weighted by Gasteiger charge is -2.06. The van der Waals surface area contributed by atoms with Crippen molar-refractivity contribution >= 4 is 11.3 Å². The molecular formula is C13H15NO3S. The highest BCUT2D eigenvalue weighted by Crippen LogP contribution is 2.33. The molecule has 0 aliphatic carbocycles. The van der Waals surface area contributed by atoms with Gasteiger partial charge in [0.25, 0.3) is 0 Å². The van der Waals surface area contributed by atoms with E-state index >= 15 is 0 Å². The van der Waals surface area contributed by atoms with E-state index in [1.807, 2.05) is 25.1 Å². The fourth-order valence-electron chi connectivity index (χ4n) is 1.63. The minimum absolute atomic E-state index is 0.0383. The molecule has 0 spiro atoms. The Morgan fingerprint density at radius 1 is 1.17 bits per heavy atom. The standard InChI is InChI=1S/C13H15NO3S/c1-8-12(7-15)14-13(18-8)9-4-10(16-2)6-11(5-9)17-3/h4-6,15H,7H2,1-3H3. The van der Waals surface area contributed by atoms with E-state index in [0.29, 0.717) is 0 Å². The van der Waals surface area contributed by atoms with Gasteiger partial charge in [-0.1, -0.05) is 0 Å². The van der Waals surface area contributed by atoms with Crippen LogP contribution in [-0.2, 0) is 6.61 Å². The molecule has 1 heterocycles. The van der Waals surface area contributed by atoms with Crippen LogP contribution < -0.4 is 9.47 Å². The first kappa shape index (κ1) is 12.9. The molecule has 1 N–H and O–H groups in total. The molecule has 1 aromatic carbocycles. The Kier molecular flexibility index (Phi) is 3.84. The topological polar surface area (TPSA) is 51.6 Å². The van der Waals surface area contributed by atoms with Crippen LogP contribution in [0.25, 0.3) is 10.6 Å². The van der Waals surface area contributed by atoms with Gasteiger partial charge in [0.2, 0.25) is 0 Å². The predicted molar refractivity (Wildman–Crippen MR) is 71.3 cm³/mol. The second-order valence-electron chi connectivity index (χ2n) is 3.78. The van der Waals surface area contributed by atoms with Gasteiger partial charge in [-0.15, -0.1) is 11.3 Å². The normalized spacial score (nSPS) is 10.4. The lowest BCUT2D eigenvalue weighted by atomic mass is 10.2. The average Bonchev–Trinajstić information content (AvgIpc) is 2.79. The molecular weight excluding hydrogens is 250 g/mol.